The highest BCUT2D eigenvalue weighted by Gasteiger charge is 2.53. The van der Waals surface area contributed by atoms with Crippen LogP contribution in [0.4, 0.5) is 4.39 Å². The van der Waals surface area contributed by atoms with Gasteiger partial charge in [-0.1, -0.05) is 20.8 Å². The Morgan fingerprint density at radius 2 is 2.00 bits per heavy atom. The topological polar surface area (TPSA) is 134 Å². The number of oxazole rings is 1. The molecule has 202 valence electrons. The van der Waals surface area contributed by atoms with Crippen molar-refractivity contribution in [1.82, 2.24) is 10.3 Å². The van der Waals surface area contributed by atoms with Crippen LogP contribution in [0.1, 0.15) is 71.9 Å². The van der Waals surface area contributed by atoms with E-state index in [9.17, 15) is 19.8 Å². The summed E-state index contributed by atoms with van der Waals surface area (Å²) >= 11 is 0. The van der Waals surface area contributed by atoms with Gasteiger partial charge in [0, 0.05) is 38.4 Å². The van der Waals surface area contributed by atoms with E-state index < -0.39 is 59.4 Å². The number of carbonyl (C=O) groups is 2. The van der Waals surface area contributed by atoms with Gasteiger partial charge in [-0.05, 0) is 20.3 Å². The lowest BCUT2D eigenvalue weighted by Crippen LogP contribution is -2.49. The molecule has 0 radical (unpaired) electrons. The number of nitrogens with one attached hydrogen (secondary N) is 1. The summed E-state index contributed by atoms with van der Waals surface area (Å²) in [5, 5.41) is 24.4. The van der Waals surface area contributed by atoms with E-state index in [1.807, 2.05) is 6.92 Å². The zero-order valence-electron chi connectivity index (χ0n) is 21.9. The Hall–Kier alpha value is -2.14. The van der Waals surface area contributed by atoms with Crippen LogP contribution >= 0.6 is 0 Å². The molecule has 36 heavy (non-hydrogen) atoms. The molecule has 3 rings (SSSR count). The summed E-state index contributed by atoms with van der Waals surface area (Å²) < 4.78 is 32.1. The van der Waals surface area contributed by atoms with Gasteiger partial charge in [-0.15, -0.1) is 0 Å². The van der Waals surface area contributed by atoms with E-state index in [-0.39, 0.29) is 30.6 Å². The number of fused-ring (bicyclic) bond motifs is 1. The van der Waals surface area contributed by atoms with E-state index >= 15 is 4.39 Å². The number of halogens is 1. The number of aliphatic hydroxyl groups is 2. The summed E-state index contributed by atoms with van der Waals surface area (Å²) in [4.78, 5) is 30.3. The second-order valence-corrected chi connectivity index (χ2v) is 10.7. The Kier molecular flexibility index (Phi) is 8.75. The standard InChI is InChI=1S/C26H39FN2O7/c1-7-17-23(32)14(2)34-9-8-26(6)21(36-26)11-19(18(27)10-16-13-35-15(3)28-16)29-22(31)12-20(30)25(4,5)24(17)33/h10,13-14,17,19-21,23,30,32H,7-9,11-12H2,1-6H3,(H,29,31)/t14-,17-,19+,20+,21+,23-,26-/m1/s1. The second-order valence-electron chi connectivity index (χ2n) is 10.7. The molecule has 0 bridgehead atoms. The summed E-state index contributed by atoms with van der Waals surface area (Å²) in [6.07, 6.45) is -0.251. The number of amides is 1. The van der Waals surface area contributed by atoms with E-state index in [4.69, 9.17) is 13.9 Å². The van der Waals surface area contributed by atoms with Crippen molar-refractivity contribution in [3.63, 3.8) is 0 Å². The zero-order valence-corrected chi connectivity index (χ0v) is 21.9. The number of hydrogen-bond acceptors (Lipinski definition) is 8. The molecule has 0 spiro atoms. The van der Waals surface area contributed by atoms with Gasteiger partial charge < -0.3 is 29.4 Å². The minimum Gasteiger partial charge on any atom is -0.449 e. The average molecular weight is 511 g/mol. The molecule has 2 aliphatic rings. The normalized spacial score (nSPS) is 36.8. The second kappa shape index (κ2) is 11.1. The number of hydrogen-bond donors (Lipinski definition) is 3. The number of ketones is 1. The predicted molar refractivity (Wildman–Crippen MR) is 129 cm³/mol. The quantitative estimate of drug-likeness (QED) is 0.529. The highest BCUT2D eigenvalue weighted by atomic mass is 19.1. The van der Waals surface area contributed by atoms with Gasteiger partial charge in [0.25, 0.3) is 0 Å². The third-order valence-corrected chi connectivity index (χ3v) is 7.57. The molecule has 2 aliphatic heterocycles. The van der Waals surface area contributed by atoms with Crippen molar-refractivity contribution >= 4 is 17.8 Å². The van der Waals surface area contributed by atoms with Crippen LogP contribution in [-0.2, 0) is 19.1 Å². The molecule has 9 nitrogen and oxygen atoms in total. The lowest BCUT2D eigenvalue weighted by atomic mass is 9.72. The van der Waals surface area contributed by atoms with Crippen LogP contribution in [0.2, 0.25) is 0 Å². The van der Waals surface area contributed by atoms with Gasteiger partial charge >= 0.3 is 0 Å². The zero-order chi connectivity index (χ0) is 26.8. The summed E-state index contributed by atoms with van der Waals surface area (Å²) in [6, 6.07) is -1.02. The molecule has 2 fully saturated rings. The molecule has 0 unspecified atom stereocenters. The maximum atomic E-state index is 15.3. The van der Waals surface area contributed by atoms with Gasteiger partial charge in [0.15, 0.2) is 5.89 Å². The molecule has 0 aromatic carbocycles. The summed E-state index contributed by atoms with van der Waals surface area (Å²) in [5.41, 5.74) is -1.61. The predicted octanol–water partition coefficient (Wildman–Crippen LogP) is 2.87. The minimum absolute atomic E-state index is 0.163. The van der Waals surface area contributed by atoms with E-state index in [1.165, 1.54) is 12.3 Å². The fourth-order valence-electron chi connectivity index (χ4n) is 4.73. The first-order valence-corrected chi connectivity index (χ1v) is 12.6. The Bertz CT molecular complexity index is 977. The highest BCUT2D eigenvalue weighted by Crippen LogP contribution is 2.43. The molecule has 1 aromatic heterocycles. The average Bonchev–Trinajstić information content (AvgIpc) is 3.24. The lowest BCUT2D eigenvalue weighted by molar-refractivity contribution is -0.147. The van der Waals surface area contributed by atoms with Crippen molar-refractivity contribution in [1.29, 1.82) is 0 Å². The largest absolute Gasteiger partial charge is 0.449 e. The number of aromatic nitrogens is 1. The molecular formula is C26H39FN2O7. The maximum absolute atomic E-state index is 15.3. The van der Waals surface area contributed by atoms with E-state index in [0.717, 1.165) is 0 Å². The number of nitrogens with zero attached hydrogens (tertiary/aromatic N) is 1. The van der Waals surface area contributed by atoms with Crippen molar-refractivity contribution in [2.24, 2.45) is 11.3 Å². The van der Waals surface area contributed by atoms with Crippen molar-refractivity contribution in [3.05, 3.63) is 23.7 Å². The van der Waals surface area contributed by atoms with Crippen molar-refractivity contribution < 1.29 is 38.1 Å². The first kappa shape index (κ1) is 28.4. The highest BCUT2D eigenvalue weighted by molar-refractivity contribution is 5.88. The Morgan fingerprint density at radius 1 is 1.31 bits per heavy atom. The molecule has 3 N–H and O–H groups in total. The Morgan fingerprint density at radius 3 is 2.61 bits per heavy atom. The van der Waals surface area contributed by atoms with Gasteiger partial charge in [0.05, 0.1) is 47.9 Å². The Balaban J connectivity index is 1.87. The Labute approximate surface area is 211 Å². The molecular weight excluding hydrogens is 471 g/mol. The van der Waals surface area contributed by atoms with Crippen molar-refractivity contribution in [3.8, 4) is 0 Å². The van der Waals surface area contributed by atoms with Gasteiger partial charge in [-0.25, -0.2) is 9.37 Å². The van der Waals surface area contributed by atoms with Gasteiger partial charge in [-0.2, -0.15) is 0 Å². The molecule has 7 atom stereocenters. The van der Waals surface area contributed by atoms with Crippen LogP contribution in [0.3, 0.4) is 0 Å². The van der Waals surface area contributed by atoms with Crippen LogP contribution in [-0.4, -0.2) is 69.6 Å². The number of epoxide rings is 1. The molecule has 0 aliphatic carbocycles. The fourth-order valence-corrected chi connectivity index (χ4v) is 4.73. The van der Waals surface area contributed by atoms with Gasteiger partial charge in [-0.3, -0.25) is 9.59 Å². The molecule has 10 heteroatoms. The summed E-state index contributed by atoms with van der Waals surface area (Å²) in [7, 11) is 0. The van der Waals surface area contributed by atoms with Crippen LogP contribution in [0.5, 0.6) is 0 Å². The van der Waals surface area contributed by atoms with Crippen LogP contribution < -0.4 is 5.32 Å². The molecule has 0 saturated carbocycles. The number of rotatable bonds is 3. The molecule has 1 aromatic rings. The smallest absolute Gasteiger partial charge is 0.223 e. The summed E-state index contributed by atoms with van der Waals surface area (Å²) in [6.45, 7) is 10.4. The van der Waals surface area contributed by atoms with E-state index in [2.05, 4.69) is 10.3 Å². The van der Waals surface area contributed by atoms with E-state index in [1.54, 1.807) is 34.6 Å². The van der Waals surface area contributed by atoms with Crippen molar-refractivity contribution in [2.45, 2.75) is 103 Å². The number of ether oxygens (including phenoxy) is 2. The number of aryl methyl sites for hydroxylation is 1. The van der Waals surface area contributed by atoms with Crippen LogP contribution in [0.15, 0.2) is 16.5 Å². The molecule has 1 amide bonds. The molecule has 3 heterocycles. The third kappa shape index (κ3) is 6.40. The lowest BCUT2D eigenvalue weighted by Gasteiger charge is -2.35. The van der Waals surface area contributed by atoms with Crippen molar-refractivity contribution in [2.75, 3.05) is 6.61 Å². The minimum atomic E-state index is -1.34. The number of carbonyl (C=O) groups excluding carboxylic acids is 2. The van der Waals surface area contributed by atoms with Crippen LogP contribution in [0, 0.1) is 18.3 Å². The summed E-state index contributed by atoms with van der Waals surface area (Å²) in [5.74, 6) is -1.98. The first-order valence-electron chi connectivity index (χ1n) is 12.6. The maximum Gasteiger partial charge on any atom is 0.223 e. The van der Waals surface area contributed by atoms with Gasteiger partial charge in [0.1, 0.15) is 23.6 Å². The third-order valence-electron chi connectivity index (χ3n) is 7.57. The van der Waals surface area contributed by atoms with Crippen LogP contribution in [0.25, 0.3) is 6.08 Å². The number of aliphatic hydroxyl groups excluding tert-OH is 2. The van der Waals surface area contributed by atoms with E-state index in [0.29, 0.717) is 18.7 Å². The SMILES string of the molecule is CC[C@H]1C(=O)C(C)(C)[C@@H](O)CC(=O)N[C@H](C(F)=Cc2coc(C)n2)C[C@@H]2O[C@]2(C)CCO[C@H](C)[C@H]1O. The number of Topliss-reactive ketones (excluding diaryl/α,β-unsaturated/α-hetero) is 1. The monoisotopic (exact) mass is 510 g/mol. The van der Waals surface area contributed by atoms with Gasteiger partial charge in [0.2, 0.25) is 5.91 Å². The first-order chi connectivity index (χ1) is 16.8. The fraction of sp³-hybridized carbons (Fsp3) is 0.731. The molecule has 2 saturated heterocycles.